The number of piperazine rings is 1. The minimum Gasteiger partial charge on any atom is -0.353 e. The van der Waals surface area contributed by atoms with Crippen LogP contribution in [0.4, 0.5) is 5.82 Å². The summed E-state index contributed by atoms with van der Waals surface area (Å²) in [5.74, 6) is 1.51. The molecule has 0 spiro atoms. The van der Waals surface area contributed by atoms with Crippen LogP contribution in [0.3, 0.4) is 0 Å². The molecule has 0 aliphatic carbocycles. The fraction of sp³-hybridized carbons (Fsp3) is 0.545. The molecule has 17 heavy (non-hydrogen) atoms. The van der Waals surface area contributed by atoms with Crippen LogP contribution in [0.25, 0.3) is 0 Å². The molecule has 6 heteroatoms. The predicted octanol–water partition coefficient (Wildman–Crippen LogP) is 0.788. The average molecular weight is 249 g/mol. The molecule has 0 amide bonds. The summed E-state index contributed by atoms with van der Waals surface area (Å²) >= 11 is 1.50. The molecule has 1 aromatic rings. The van der Waals surface area contributed by atoms with Gasteiger partial charge >= 0.3 is 0 Å². The first kappa shape index (κ1) is 12.1. The highest BCUT2D eigenvalue weighted by Gasteiger charge is 2.19. The van der Waals surface area contributed by atoms with Crippen LogP contribution in [-0.2, 0) is 0 Å². The van der Waals surface area contributed by atoms with Crippen molar-refractivity contribution in [2.45, 2.75) is 11.9 Å². The molecule has 2 rings (SSSR count). The van der Waals surface area contributed by atoms with Crippen LogP contribution in [0.15, 0.2) is 5.03 Å². The summed E-state index contributed by atoms with van der Waals surface area (Å²) in [4.78, 5) is 10.9. The highest BCUT2D eigenvalue weighted by Crippen LogP contribution is 2.26. The summed E-state index contributed by atoms with van der Waals surface area (Å²) < 4.78 is 0. The van der Waals surface area contributed by atoms with Crippen molar-refractivity contribution in [3.05, 3.63) is 11.4 Å². The smallest absolute Gasteiger partial charge is 0.151 e. The molecule has 1 fully saturated rings. The van der Waals surface area contributed by atoms with Crippen LogP contribution in [0.2, 0.25) is 0 Å². The maximum Gasteiger partial charge on any atom is 0.151 e. The van der Waals surface area contributed by atoms with Gasteiger partial charge in [-0.05, 0) is 13.2 Å². The minimum atomic E-state index is 0.602. The molecule has 0 aromatic carbocycles. The standard InChI is InChI=1S/C11H15N5S/c1-8-14-10(16-5-3-13-4-6-16)9(7-12)11(15-8)17-2/h13H,3-6H2,1-2H3. The Morgan fingerprint density at radius 2 is 2.06 bits per heavy atom. The normalized spacial score (nSPS) is 15.7. The second-order valence-corrected chi connectivity index (χ2v) is 4.62. The molecule has 1 aromatic heterocycles. The first-order valence-corrected chi connectivity index (χ1v) is 6.77. The molecule has 90 valence electrons. The van der Waals surface area contributed by atoms with Crippen LogP contribution in [0.1, 0.15) is 11.4 Å². The largest absolute Gasteiger partial charge is 0.353 e. The van der Waals surface area contributed by atoms with Crippen molar-refractivity contribution < 1.29 is 0 Å². The number of hydrogen-bond acceptors (Lipinski definition) is 6. The van der Waals surface area contributed by atoms with Crippen LogP contribution >= 0.6 is 11.8 Å². The monoisotopic (exact) mass is 249 g/mol. The Kier molecular flexibility index (Phi) is 3.82. The minimum absolute atomic E-state index is 0.602. The van der Waals surface area contributed by atoms with E-state index < -0.39 is 0 Å². The van der Waals surface area contributed by atoms with Gasteiger partial charge in [0.25, 0.3) is 0 Å². The summed E-state index contributed by atoms with van der Waals surface area (Å²) in [5.41, 5.74) is 0.602. The van der Waals surface area contributed by atoms with Gasteiger partial charge in [-0.15, -0.1) is 11.8 Å². The lowest BCUT2D eigenvalue weighted by atomic mass is 10.2. The van der Waals surface area contributed by atoms with Gasteiger partial charge in [-0.1, -0.05) is 0 Å². The molecule has 0 atom stereocenters. The quantitative estimate of drug-likeness (QED) is 0.617. The van der Waals surface area contributed by atoms with E-state index >= 15 is 0 Å². The molecule has 0 bridgehead atoms. The summed E-state index contributed by atoms with van der Waals surface area (Å²) in [6.07, 6.45) is 1.93. The summed E-state index contributed by atoms with van der Waals surface area (Å²) in [5, 5.41) is 13.3. The predicted molar refractivity (Wildman–Crippen MR) is 68.3 cm³/mol. The Balaban J connectivity index is 2.44. The average Bonchev–Trinajstić information content (AvgIpc) is 2.38. The summed E-state index contributed by atoms with van der Waals surface area (Å²) in [7, 11) is 0. The van der Waals surface area contributed by atoms with E-state index in [2.05, 4.69) is 26.3 Å². The second-order valence-electron chi connectivity index (χ2n) is 3.83. The zero-order chi connectivity index (χ0) is 12.3. The fourth-order valence-corrected chi connectivity index (χ4v) is 2.45. The number of aryl methyl sites for hydroxylation is 1. The third-order valence-corrected chi connectivity index (χ3v) is 3.37. The van der Waals surface area contributed by atoms with Crippen molar-refractivity contribution in [1.82, 2.24) is 15.3 Å². The Morgan fingerprint density at radius 1 is 1.35 bits per heavy atom. The lowest BCUT2D eigenvalue weighted by Gasteiger charge is -2.29. The van der Waals surface area contributed by atoms with Crippen molar-refractivity contribution >= 4 is 17.6 Å². The van der Waals surface area contributed by atoms with E-state index in [9.17, 15) is 5.26 Å². The number of nitrogens with one attached hydrogen (secondary N) is 1. The van der Waals surface area contributed by atoms with E-state index in [1.165, 1.54) is 11.8 Å². The zero-order valence-electron chi connectivity index (χ0n) is 10.0. The Bertz CT molecular complexity index is 448. The number of rotatable bonds is 2. The Hall–Kier alpha value is -1.32. The second kappa shape index (κ2) is 5.34. The maximum atomic E-state index is 9.27. The molecule has 0 saturated carbocycles. The van der Waals surface area contributed by atoms with E-state index in [4.69, 9.17) is 0 Å². The molecule has 0 unspecified atom stereocenters. The molecule has 1 aliphatic rings. The van der Waals surface area contributed by atoms with Crippen LogP contribution < -0.4 is 10.2 Å². The number of nitriles is 1. The lowest BCUT2D eigenvalue weighted by molar-refractivity contribution is 0.582. The highest BCUT2D eigenvalue weighted by atomic mass is 32.2. The number of aromatic nitrogens is 2. The van der Waals surface area contributed by atoms with Gasteiger partial charge in [0.1, 0.15) is 22.5 Å². The van der Waals surface area contributed by atoms with E-state index in [0.29, 0.717) is 5.56 Å². The molecular formula is C11H15N5S. The van der Waals surface area contributed by atoms with Crippen molar-refractivity contribution in [3.63, 3.8) is 0 Å². The van der Waals surface area contributed by atoms with Crippen molar-refractivity contribution in [3.8, 4) is 6.07 Å². The molecule has 2 heterocycles. The van der Waals surface area contributed by atoms with E-state index in [1.54, 1.807) is 0 Å². The summed E-state index contributed by atoms with van der Waals surface area (Å²) in [6.45, 7) is 5.51. The molecule has 1 saturated heterocycles. The van der Waals surface area contributed by atoms with Gasteiger partial charge in [-0.2, -0.15) is 5.26 Å². The van der Waals surface area contributed by atoms with Gasteiger partial charge in [-0.25, -0.2) is 9.97 Å². The van der Waals surface area contributed by atoms with Gasteiger partial charge in [0.2, 0.25) is 0 Å². The van der Waals surface area contributed by atoms with Crippen molar-refractivity contribution in [1.29, 1.82) is 5.26 Å². The van der Waals surface area contributed by atoms with Gasteiger partial charge in [0.05, 0.1) is 0 Å². The van der Waals surface area contributed by atoms with Gasteiger partial charge in [-0.3, -0.25) is 0 Å². The van der Waals surface area contributed by atoms with Crippen molar-refractivity contribution in [2.75, 3.05) is 37.3 Å². The molecule has 5 nitrogen and oxygen atoms in total. The van der Waals surface area contributed by atoms with Gasteiger partial charge in [0.15, 0.2) is 5.82 Å². The maximum absolute atomic E-state index is 9.27. The van der Waals surface area contributed by atoms with Gasteiger partial charge in [0, 0.05) is 26.2 Å². The SMILES string of the molecule is CSc1nc(C)nc(N2CCNCC2)c1C#N. The Morgan fingerprint density at radius 3 is 2.65 bits per heavy atom. The lowest BCUT2D eigenvalue weighted by Crippen LogP contribution is -2.44. The van der Waals surface area contributed by atoms with E-state index in [1.807, 2.05) is 13.2 Å². The number of nitrogens with zero attached hydrogens (tertiary/aromatic N) is 4. The molecule has 1 aliphatic heterocycles. The van der Waals surface area contributed by atoms with E-state index in [-0.39, 0.29) is 0 Å². The fourth-order valence-electron chi connectivity index (χ4n) is 1.88. The Labute approximate surface area is 105 Å². The first-order chi connectivity index (χ1) is 8.26. The van der Waals surface area contributed by atoms with Crippen LogP contribution in [0, 0.1) is 18.3 Å². The topological polar surface area (TPSA) is 64.8 Å². The van der Waals surface area contributed by atoms with Crippen LogP contribution in [-0.4, -0.2) is 42.4 Å². The van der Waals surface area contributed by atoms with E-state index in [0.717, 1.165) is 42.8 Å². The van der Waals surface area contributed by atoms with Gasteiger partial charge < -0.3 is 10.2 Å². The highest BCUT2D eigenvalue weighted by molar-refractivity contribution is 7.98. The first-order valence-electron chi connectivity index (χ1n) is 5.54. The number of thioether (sulfide) groups is 1. The molecular weight excluding hydrogens is 234 g/mol. The third-order valence-electron chi connectivity index (χ3n) is 2.69. The molecule has 1 N–H and O–H groups in total. The third kappa shape index (κ3) is 2.51. The number of anilines is 1. The van der Waals surface area contributed by atoms with Crippen LogP contribution in [0.5, 0.6) is 0 Å². The summed E-state index contributed by atoms with van der Waals surface area (Å²) in [6, 6.07) is 2.23. The molecule has 0 radical (unpaired) electrons. The number of hydrogen-bond donors (Lipinski definition) is 1. The van der Waals surface area contributed by atoms with Crippen molar-refractivity contribution in [2.24, 2.45) is 0 Å². The zero-order valence-corrected chi connectivity index (χ0v) is 10.8.